The molecule has 0 radical (unpaired) electrons. The number of likely N-dealkylation sites (N-methyl/N-ethyl adjacent to an activating group) is 1. The van der Waals surface area contributed by atoms with Gasteiger partial charge in [0, 0.05) is 19.0 Å². The number of benzene rings is 1. The highest BCUT2D eigenvalue weighted by Gasteiger charge is 2.25. The fourth-order valence-corrected chi connectivity index (χ4v) is 2.82. The van der Waals surface area contributed by atoms with E-state index in [0.717, 1.165) is 5.56 Å². The molecule has 2 aromatic rings. The molecule has 3 rings (SSSR count). The highest BCUT2D eigenvalue weighted by molar-refractivity contribution is 5.83. The van der Waals surface area contributed by atoms with Crippen LogP contribution in [-0.2, 0) is 11.2 Å². The lowest BCUT2D eigenvalue weighted by Gasteiger charge is -2.24. The number of rotatable bonds is 6. The van der Waals surface area contributed by atoms with E-state index in [0.29, 0.717) is 30.3 Å². The van der Waals surface area contributed by atoms with E-state index in [9.17, 15) is 9.59 Å². The van der Waals surface area contributed by atoms with Crippen molar-refractivity contribution in [1.82, 2.24) is 20.2 Å². The number of nitrogens with two attached hydrogens (primary N) is 1. The first-order valence-corrected chi connectivity index (χ1v) is 8.13. The second kappa shape index (κ2) is 7.44. The van der Waals surface area contributed by atoms with E-state index in [4.69, 9.17) is 15.2 Å². The minimum absolute atomic E-state index is 0.154. The Balaban J connectivity index is 1.66. The van der Waals surface area contributed by atoms with Gasteiger partial charge in [-0.2, -0.15) is 0 Å². The van der Waals surface area contributed by atoms with Gasteiger partial charge in [0.15, 0.2) is 11.5 Å². The van der Waals surface area contributed by atoms with E-state index in [1.54, 1.807) is 6.07 Å². The van der Waals surface area contributed by atoms with Crippen molar-refractivity contribution in [2.24, 2.45) is 0 Å². The number of carbonyl (C=O) groups excluding carboxylic acids is 1. The maximum absolute atomic E-state index is 12.7. The van der Waals surface area contributed by atoms with Crippen LogP contribution in [0.4, 0.5) is 5.82 Å². The second-order valence-corrected chi connectivity index (χ2v) is 6.14. The lowest BCUT2D eigenvalue weighted by Crippen LogP contribution is -2.38. The van der Waals surface area contributed by atoms with Gasteiger partial charge in [-0.25, -0.2) is 4.98 Å². The molecule has 1 aromatic heterocycles. The normalized spacial score (nSPS) is 13.7. The van der Waals surface area contributed by atoms with Crippen LogP contribution in [0.1, 0.15) is 17.4 Å². The van der Waals surface area contributed by atoms with Crippen molar-refractivity contribution < 1.29 is 14.3 Å². The zero-order chi connectivity index (χ0) is 18.7. The molecule has 1 atom stereocenters. The van der Waals surface area contributed by atoms with Crippen molar-refractivity contribution in [2.45, 2.75) is 12.5 Å². The summed E-state index contributed by atoms with van der Waals surface area (Å²) in [6.45, 7) is 0.503. The summed E-state index contributed by atoms with van der Waals surface area (Å²) < 4.78 is 10.7. The van der Waals surface area contributed by atoms with Crippen LogP contribution in [0.15, 0.2) is 29.1 Å². The van der Waals surface area contributed by atoms with Crippen molar-refractivity contribution in [3.63, 3.8) is 0 Å². The van der Waals surface area contributed by atoms with Crippen LogP contribution in [0.2, 0.25) is 0 Å². The van der Waals surface area contributed by atoms with Crippen LogP contribution in [0, 0.1) is 0 Å². The van der Waals surface area contributed by atoms with Crippen molar-refractivity contribution in [2.75, 3.05) is 33.2 Å². The second-order valence-electron chi connectivity index (χ2n) is 6.14. The number of fused-ring (bicyclic) bond motifs is 1. The van der Waals surface area contributed by atoms with Gasteiger partial charge in [0.2, 0.25) is 12.7 Å². The Morgan fingerprint density at radius 3 is 2.85 bits per heavy atom. The summed E-state index contributed by atoms with van der Waals surface area (Å²) in [4.78, 5) is 32.5. The van der Waals surface area contributed by atoms with Crippen molar-refractivity contribution in [3.05, 3.63) is 46.0 Å². The summed E-state index contributed by atoms with van der Waals surface area (Å²) in [6.07, 6.45) is 0.368. The van der Waals surface area contributed by atoms with Gasteiger partial charge in [0.25, 0.3) is 5.56 Å². The van der Waals surface area contributed by atoms with Crippen LogP contribution in [0.3, 0.4) is 0 Å². The summed E-state index contributed by atoms with van der Waals surface area (Å²) in [6, 6.07) is 6.17. The smallest absolute Gasteiger partial charge is 0.252 e. The van der Waals surface area contributed by atoms with Gasteiger partial charge in [-0.05, 0) is 31.8 Å². The van der Waals surface area contributed by atoms with Crippen LogP contribution in [-0.4, -0.2) is 48.2 Å². The fraction of sp³-hybridized carbons (Fsp3) is 0.353. The van der Waals surface area contributed by atoms with Gasteiger partial charge in [-0.1, -0.05) is 6.07 Å². The van der Waals surface area contributed by atoms with Crippen LogP contribution in [0.25, 0.3) is 0 Å². The van der Waals surface area contributed by atoms with Crippen molar-refractivity contribution in [1.29, 1.82) is 0 Å². The van der Waals surface area contributed by atoms with Crippen molar-refractivity contribution in [3.8, 4) is 11.5 Å². The van der Waals surface area contributed by atoms with Gasteiger partial charge in [0.1, 0.15) is 17.7 Å². The first-order valence-electron chi connectivity index (χ1n) is 8.13. The summed E-state index contributed by atoms with van der Waals surface area (Å²) in [5.74, 6) is 1.72. The molecule has 1 unspecified atom stereocenters. The maximum Gasteiger partial charge on any atom is 0.252 e. The molecule has 1 amide bonds. The molecule has 0 spiro atoms. The molecule has 0 bridgehead atoms. The molecule has 2 heterocycles. The molecule has 9 heteroatoms. The highest BCUT2D eigenvalue weighted by Crippen LogP contribution is 2.35. The van der Waals surface area contributed by atoms with Gasteiger partial charge in [-0.15, -0.1) is 0 Å². The van der Waals surface area contributed by atoms with Crippen LogP contribution < -0.4 is 26.1 Å². The summed E-state index contributed by atoms with van der Waals surface area (Å²) in [7, 11) is 3.65. The third kappa shape index (κ3) is 3.94. The Morgan fingerprint density at radius 2 is 2.12 bits per heavy atom. The lowest BCUT2D eigenvalue weighted by molar-refractivity contribution is -0.125. The number of nitrogens with zero attached hydrogens (tertiary/aromatic N) is 2. The highest BCUT2D eigenvalue weighted by atomic mass is 16.7. The molecule has 0 saturated heterocycles. The molecule has 1 aliphatic rings. The molecule has 4 N–H and O–H groups in total. The van der Waals surface area contributed by atoms with Gasteiger partial charge in [-0.3, -0.25) is 14.5 Å². The number of H-pyrrole nitrogens is 1. The Hall–Kier alpha value is -3.07. The molecule has 0 aliphatic carbocycles. The average molecular weight is 359 g/mol. The van der Waals surface area contributed by atoms with Crippen LogP contribution in [0.5, 0.6) is 11.5 Å². The monoisotopic (exact) mass is 359 g/mol. The van der Waals surface area contributed by atoms with E-state index < -0.39 is 6.04 Å². The topological polar surface area (TPSA) is 123 Å². The average Bonchev–Trinajstić information content (AvgIpc) is 3.01. The predicted molar refractivity (Wildman–Crippen MR) is 95.0 cm³/mol. The first kappa shape index (κ1) is 17.7. The number of carbonyl (C=O) groups is 1. The summed E-state index contributed by atoms with van der Waals surface area (Å²) in [5, 5.41) is 2.86. The fourth-order valence-electron chi connectivity index (χ4n) is 2.82. The van der Waals surface area contributed by atoms with Gasteiger partial charge >= 0.3 is 0 Å². The largest absolute Gasteiger partial charge is 0.454 e. The number of aromatic amines is 1. The lowest BCUT2D eigenvalue weighted by atomic mass is 10.0. The number of ether oxygens (including phenoxy) is 2. The zero-order valence-corrected chi connectivity index (χ0v) is 14.6. The number of nitrogens with one attached hydrogen (secondary N) is 2. The quantitative estimate of drug-likeness (QED) is 0.665. The number of amides is 1. The molecular formula is C17H21N5O4. The molecule has 0 saturated carbocycles. The van der Waals surface area contributed by atoms with Gasteiger partial charge in [0.05, 0.1) is 0 Å². The number of hydrogen-bond acceptors (Lipinski definition) is 7. The predicted octanol–water partition coefficient (Wildman–Crippen LogP) is 0.0424. The first-order chi connectivity index (χ1) is 12.4. The van der Waals surface area contributed by atoms with E-state index in [-0.39, 0.29) is 24.1 Å². The molecule has 0 fully saturated rings. The number of hydrogen-bond donors (Lipinski definition) is 3. The summed E-state index contributed by atoms with van der Waals surface area (Å²) >= 11 is 0. The molecular weight excluding hydrogens is 338 g/mol. The number of aromatic nitrogens is 2. The van der Waals surface area contributed by atoms with Crippen molar-refractivity contribution >= 4 is 11.7 Å². The zero-order valence-electron chi connectivity index (χ0n) is 14.6. The maximum atomic E-state index is 12.7. The Bertz CT molecular complexity index is 864. The Morgan fingerprint density at radius 1 is 1.35 bits per heavy atom. The minimum atomic E-state index is -0.489. The standard InChI is InChI=1S/C17H21N5O4/c1-22(2)16(10-3-4-11-12(7-10)26-9-25-11)17(24)19-6-5-14-20-13(18)8-15(23)21-14/h3-4,7-8,16H,5-6,9H2,1-2H3,(H,19,24)(H3,18,20,21,23). The molecule has 138 valence electrons. The molecule has 1 aliphatic heterocycles. The Kier molecular flexibility index (Phi) is 5.08. The SMILES string of the molecule is CN(C)C(C(=O)NCCc1nc(N)cc(=O)[nH]1)c1ccc2c(c1)OCO2. The Labute approximate surface area is 150 Å². The molecule has 26 heavy (non-hydrogen) atoms. The van der Waals surface area contributed by atoms with Gasteiger partial charge < -0.3 is 25.5 Å². The number of nitrogen functional groups attached to an aromatic ring is 1. The number of anilines is 1. The molecule has 1 aromatic carbocycles. The third-order valence-corrected chi connectivity index (χ3v) is 3.95. The van der Waals surface area contributed by atoms with E-state index in [2.05, 4.69) is 15.3 Å². The van der Waals surface area contributed by atoms with E-state index >= 15 is 0 Å². The minimum Gasteiger partial charge on any atom is -0.454 e. The van der Waals surface area contributed by atoms with E-state index in [1.807, 2.05) is 31.1 Å². The molecule has 9 nitrogen and oxygen atoms in total. The third-order valence-electron chi connectivity index (χ3n) is 3.95. The summed E-state index contributed by atoms with van der Waals surface area (Å²) in [5.41, 5.74) is 6.04. The van der Waals surface area contributed by atoms with Crippen LogP contribution >= 0.6 is 0 Å². The van der Waals surface area contributed by atoms with E-state index in [1.165, 1.54) is 6.07 Å².